The van der Waals surface area contributed by atoms with Crippen molar-refractivity contribution in [3.05, 3.63) is 47.9 Å². The number of nitrogens with one attached hydrogen (secondary N) is 1. The summed E-state index contributed by atoms with van der Waals surface area (Å²) in [7, 11) is 3.86. The standard InChI is InChI=1S/C27H35N5O3/c1-17(2)23-6-5-7-24(32(23)35)26(33)28-22-14-18-16-31(29-21(18)15-25(22)30(3)4)20-10-12-27(34,13-11-20)19-8-9-19/h5-7,14-17,19-20,34H,8-13H2,1-4H3,(H-,28,33,35)/p+1/t20-,27-. The number of aliphatic hydroxyl groups is 1. The molecular formula is C27H36N5O3+. The van der Waals surface area contributed by atoms with Crippen molar-refractivity contribution in [1.82, 2.24) is 9.78 Å². The highest BCUT2D eigenvalue weighted by Gasteiger charge is 2.45. The van der Waals surface area contributed by atoms with Crippen molar-refractivity contribution in [2.75, 3.05) is 24.3 Å². The van der Waals surface area contributed by atoms with Crippen LogP contribution in [0.3, 0.4) is 0 Å². The van der Waals surface area contributed by atoms with Crippen LogP contribution < -0.4 is 14.9 Å². The topological polar surface area (TPSA) is 94.5 Å². The molecule has 0 spiro atoms. The normalized spacial score (nSPS) is 22.5. The van der Waals surface area contributed by atoms with Crippen molar-refractivity contribution in [1.29, 1.82) is 0 Å². The zero-order chi connectivity index (χ0) is 24.9. The number of hydrogen-bond acceptors (Lipinski definition) is 5. The highest BCUT2D eigenvalue weighted by molar-refractivity contribution is 6.05. The number of carbonyl (C=O) groups excluding carboxylic acids is 1. The van der Waals surface area contributed by atoms with Gasteiger partial charge in [0.15, 0.2) is 0 Å². The van der Waals surface area contributed by atoms with Crippen molar-refractivity contribution in [3.8, 4) is 0 Å². The van der Waals surface area contributed by atoms with Gasteiger partial charge in [0.2, 0.25) is 5.69 Å². The van der Waals surface area contributed by atoms with Crippen LogP contribution in [-0.4, -0.2) is 45.7 Å². The monoisotopic (exact) mass is 478 g/mol. The number of carbonyl (C=O) groups is 1. The number of pyridine rings is 1. The highest BCUT2D eigenvalue weighted by atomic mass is 16.5. The van der Waals surface area contributed by atoms with Gasteiger partial charge in [-0.1, -0.05) is 13.8 Å². The SMILES string of the molecule is CC(C)c1cccc(C(=O)Nc2cc3cn([C@H]4CC[C@@](O)(C5CC5)CC4)nc3cc2N(C)C)[n+]1O. The molecule has 0 unspecified atom stereocenters. The number of amides is 1. The number of benzene rings is 1. The van der Waals surface area contributed by atoms with E-state index in [2.05, 4.69) is 5.32 Å². The fourth-order valence-electron chi connectivity index (χ4n) is 5.45. The first-order valence-corrected chi connectivity index (χ1v) is 12.6. The van der Waals surface area contributed by atoms with Gasteiger partial charge < -0.3 is 15.3 Å². The minimum atomic E-state index is -0.477. The molecule has 8 nitrogen and oxygen atoms in total. The second-order valence-electron chi connectivity index (χ2n) is 10.8. The van der Waals surface area contributed by atoms with Gasteiger partial charge in [-0.15, -0.1) is 0 Å². The van der Waals surface area contributed by atoms with E-state index in [0.29, 0.717) is 17.3 Å². The van der Waals surface area contributed by atoms with Gasteiger partial charge in [-0.2, -0.15) is 5.10 Å². The van der Waals surface area contributed by atoms with Crippen molar-refractivity contribution in [3.63, 3.8) is 0 Å². The molecule has 1 amide bonds. The number of anilines is 2. The maximum atomic E-state index is 13.1. The number of rotatable bonds is 6. The minimum Gasteiger partial charge on any atom is -0.390 e. The minimum absolute atomic E-state index is 0.0762. The van der Waals surface area contributed by atoms with Crippen LogP contribution >= 0.6 is 0 Å². The molecular weight excluding hydrogens is 442 g/mol. The molecule has 35 heavy (non-hydrogen) atoms. The van der Waals surface area contributed by atoms with Gasteiger partial charge >= 0.3 is 11.6 Å². The fourth-order valence-corrected chi connectivity index (χ4v) is 5.45. The van der Waals surface area contributed by atoms with Crippen molar-refractivity contribution >= 4 is 28.2 Å². The number of hydrogen-bond donors (Lipinski definition) is 3. The highest BCUT2D eigenvalue weighted by Crippen LogP contribution is 2.49. The van der Waals surface area contributed by atoms with Gasteiger partial charge in [0.25, 0.3) is 0 Å². The number of fused-ring (bicyclic) bond motifs is 1. The Morgan fingerprint density at radius 2 is 1.91 bits per heavy atom. The Kier molecular flexibility index (Phi) is 5.95. The molecule has 0 aliphatic heterocycles. The van der Waals surface area contributed by atoms with Crippen molar-refractivity contribution < 1.29 is 19.8 Å². The van der Waals surface area contributed by atoms with Gasteiger partial charge in [0, 0.05) is 48.5 Å². The van der Waals surface area contributed by atoms with Crippen LogP contribution in [0.2, 0.25) is 0 Å². The third kappa shape index (κ3) is 4.47. The lowest BCUT2D eigenvalue weighted by atomic mass is 9.79. The third-order valence-electron chi connectivity index (χ3n) is 7.72. The van der Waals surface area contributed by atoms with E-state index in [1.54, 1.807) is 12.1 Å². The summed E-state index contributed by atoms with van der Waals surface area (Å²) in [6.45, 7) is 3.94. The predicted molar refractivity (Wildman–Crippen MR) is 135 cm³/mol. The van der Waals surface area contributed by atoms with Crippen LogP contribution in [0.1, 0.15) is 80.5 Å². The summed E-state index contributed by atoms with van der Waals surface area (Å²) in [5.41, 5.74) is 2.75. The molecule has 0 radical (unpaired) electrons. The Hall–Kier alpha value is -3.13. The molecule has 2 heterocycles. The second kappa shape index (κ2) is 8.82. The van der Waals surface area contributed by atoms with Gasteiger partial charge in [0.05, 0.1) is 28.5 Å². The summed E-state index contributed by atoms with van der Waals surface area (Å²) in [4.78, 5) is 15.1. The average molecular weight is 479 g/mol. The van der Waals surface area contributed by atoms with E-state index in [9.17, 15) is 15.1 Å². The quantitative estimate of drug-likeness (QED) is 0.364. The first kappa shape index (κ1) is 23.6. The Labute approximate surface area is 206 Å². The van der Waals surface area contributed by atoms with Crippen LogP contribution in [-0.2, 0) is 0 Å². The number of aromatic nitrogens is 3. The molecule has 3 aromatic rings. The van der Waals surface area contributed by atoms with Crippen LogP contribution in [0.15, 0.2) is 36.5 Å². The van der Waals surface area contributed by atoms with Crippen LogP contribution in [0.25, 0.3) is 10.9 Å². The van der Waals surface area contributed by atoms with Crippen molar-refractivity contribution in [2.24, 2.45) is 5.92 Å². The van der Waals surface area contributed by atoms with Crippen LogP contribution in [0, 0.1) is 5.92 Å². The van der Waals surface area contributed by atoms with E-state index >= 15 is 0 Å². The fraction of sp³-hybridized carbons (Fsp3) is 0.519. The van der Waals surface area contributed by atoms with Crippen molar-refractivity contribution in [2.45, 2.75) is 69.9 Å². The summed E-state index contributed by atoms with van der Waals surface area (Å²) < 4.78 is 3.01. The zero-order valence-electron chi connectivity index (χ0n) is 21.0. The van der Waals surface area contributed by atoms with E-state index in [-0.39, 0.29) is 23.6 Å². The van der Waals surface area contributed by atoms with E-state index < -0.39 is 5.60 Å². The molecule has 2 aliphatic rings. The molecule has 0 bridgehead atoms. The Balaban J connectivity index is 1.41. The first-order valence-electron chi connectivity index (χ1n) is 12.6. The smallest absolute Gasteiger partial charge is 0.325 e. The van der Waals surface area contributed by atoms with Crippen LogP contribution in [0.4, 0.5) is 11.4 Å². The summed E-state index contributed by atoms with van der Waals surface area (Å²) in [6, 6.07) is 9.41. The zero-order valence-corrected chi connectivity index (χ0v) is 21.0. The Morgan fingerprint density at radius 1 is 1.20 bits per heavy atom. The molecule has 5 rings (SSSR count). The molecule has 2 fully saturated rings. The lowest BCUT2D eigenvalue weighted by Crippen LogP contribution is -2.43. The number of nitrogens with zero attached hydrogens (tertiary/aromatic N) is 4. The van der Waals surface area contributed by atoms with E-state index in [1.165, 1.54) is 0 Å². The molecule has 2 saturated carbocycles. The maximum Gasteiger partial charge on any atom is 0.325 e. The van der Waals surface area contributed by atoms with E-state index in [1.807, 2.05) is 61.9 Å². The summed E-state index contributed by atoms with van der Waals surface area (Å²) >= 11 is 0. The summed E-state index contributed by atoms with van der Waals surface area (Å²) in [6.07, 6.45) is 7.88. The van der Waals surface area contributed by atoms with Crippen LogP contribution in [0.5, 0.6) is 0 Å². The molecule has 2 aliphatic carbocycles. The lowest BCUT2D eigenvalue weighted by molar-refractivity contribution is -0.911. The van der Waals surface area contributed by atoms with Gasteiger partial charge in [-0.05, 0) is 62.6 Å². The Morgan fingerprint density at radius 3 is 2.54 bits per heavy atom. The molecule has 0 atom stereocenters. The molecule has 3 N–H and O–H groups in total. The lowest BCUT2D eigenvalue weighted by Gasteiger charge is -2.36. The summed E-state index contributed by atoms with van der Waals surface area (Å²) in [5, 5.41) is 30.3. The molecule has 8 heteroatoms. The van der Waals surface area contributed by atoms with Gasteiger partial charge in [-0.3, -0.25) is 14.7 Å². The second-order valence-corrected chi connectivity index (χ2v) is 10.8. The van der Waals surface area contributed by atoms with Gasteiger partial charge in [0.1, 0.15) is 0 Å². The molecule has 186 valence electrons. The average Bonchev–Trinajstić information content (AvgIpc) is 3.60. The summed E-state index contributed by atoms with van der Waals surface area (Å²) in [5.74, 6) is 0.191. The molecule has 1 aromatic carbocycles. The Bertz CT molecular complexity index is 1250. The van der Waals surface area contributed by atoms with E-state index in [0.717, 1.165) is 59.8 Å². The van der Waals surface area contributed by atoms with E-state index in [4.69, 9.17) is 5.10 Å². The predicted octanol–water partition coefficient (Wildman–Crippen LogP) is 4.26. The first-order chi connectivity index (χ1) is 16.7. The van der Waals surface area contributed by atoms with Gasteiger partial charge in [-0.25, -0.2) is 0 Å². The largest absolute Gasteiger partial charge is 0.390 e. The third-order valence-corrected chi connectivity index (χ3v) is 7.72. The molecule has 0 saturated heterocycles. The molecule has 2 aromatic heterocycles. The maximum absolute atomic E-state index is 13.1.